The van der Waals surface area contributed by atoms with Gasteiger partial charge in [0.05, 0.1) is 5.75 Å². The molecule has 0 spiro atoms. The van der Waals surface area contributed by atoms with Gasteiger partial charge in [0.2, 0.25) is 10.0 Å². The van der Waals surface area contributed by atoms with Crippen LogP contribution in [0.3, 0.4) is 0 Å². The molecule has 26 heavy (non-hydrogen) atoms. The molecule has 0 bridgehead atoms. The quantitative estimate of drug-likeness (QED) is 0.606. The van der Waals surface area contributed by atoms with Gasteiger partial charge >= 0.3 is 0 Å². The SMILES string of the molecule is O=S(=O)(CCOc1ccccc1)NCc1ccc(Oc2nccs2)cc1. The van der Waals surface area contributed by atoms with Crippen molar-refractivity contribution in [1.29, 1.82) is 0 Å². The molecule has 1 N–H and O–H groups in total. The number of hydrogen-bond acceptors (Lipinski definition) is 6. The Labute approximate surface area is 156 Å². The molecule has 1 heterocycles. The van der Waals surface area contributed by atoms with Crippen molar-refractivity contribution in [1.82, 2.24) is 9.71 Å². The van der Waals surface area contributed by atoms with Gasteiger partial charge in [-0.25, -0.2) is 18.1 Å². The second-order valence-electron chi connectivity index (χ2n) is 5.35. The predicted molar refractivity (Wildman–Crippen MR) is 101 cm³/mol. The number of nitrogens with zero attached hydrogens (tertiary/aromatic N) is 1. The average molecular weight is 390 g/mol. The molecule has 0 fully saturated rings. The molecule has 3 aromatic rings. The molecule has 0 atom stereocenters. The Hall–Kier alpha value is -2.42. The first-order valence-electron chi connectivity index (χ1n) is 7.92. The van der Waals surface area contributed by atoms with E-state index in [0.29, 0.717) is 16.7 Å². The molecule has 0 saturated carbocycles. The number of nitrogens with one attached hydrogen (secondary N) is 1. The molecule has 3 rings (SSSR count). The van der Waals surface area contributed by atoms with Gasteiger partial charge in [0.15, 0.2) is 0 Å². The van der Waals surface area contributed by atoms with Crippen LogP contribution in [0.2, 0.25) is 0 Å². The monoisotopic (exact) mass is 390 g/mol. The third kappa shape index (κ3) is 5.83. The van der Waals surface area contributed by atoms with Crippen LogP contribution in [-0.2, 0) is 16.6 Å². The van der Waals surface area contributed by atoms with Crippen molar-refractivity contribution in [3.8, 4) is 16.7 Å². The van der Waals surface area contributed by atoms with E-state index in [9.17, 15) is 8.42 Å². The number of sulfonamides is 1. The van der Waals surface area contributed by atoms with Gasteiger partial charge in [0.25, 0.3) is 5.19 Å². The van der Waals surface area contributed by atoms with E-state index in [2.05, 4.69) is 9.71 Å². The average Bonchev–Trinajstić information content (AvgIpc) is 3.15. The van der Waals surface area contributed by atoms with Crippen molar-refractivity contribution in [2.24, 2.45) is 0 Å². The third-order valence-corrected chi connectivity index (χ3v) is 5.33. The largest absolute Gasteiger partial charge is 0.492 e. The van der Waals surface area contributed by atoms with E-state index in [0.717, 1.165) is 5.56 Å². The third-order valence-electron chi connectivity index (χ3n) is 3.40. The summed E-state index contributed by atoms with van der Waals surface area (Å²) in [6.07, 6.45) is 1.67. The Balaban J connectivity index is 1.45. The summed E-state index contributed by atoms with van der Waals surface area (Å²) in [5.41, 5.74) is 0.837. The smallest absolute Gasteiger partial charge is 0.278 e. The molecule has 0 aliphatic carbocycles. The van der Waals surface area contributed by atoms with Crippen LogP contribution in [0.1, 0.15) is 5.56 Å². The molecule has 6 nitrogen and oxygen atoms in total. The molecule has 0 aliphatic rings. The zero-order chi connectivity index (χ0) is 18.2. The number of hydrogen-bond donors (Lipinski definition) is 1. The number of benzene rings is 2. The fourth-order valence-corrected chi connectivity index (χ4v) is 3.43. The van der Waals surface area contributed by atoms with Crippen molar-refractivity contribution < 1.29 is 17.9 Å². The van der Waals surface area contributed by atoms with E-state index >= 15 is 0 Å². The minimum Gasteiger partial charge on any atom is -0.492 e. The molecular formula is C18H18N2O4S2. The lowest BCUT2D eigenvalue weighted by atomic mass is 10.2. The van der Waals surface area contributed by atoms with Crippen molar-refractivity contribution in [3.63, 3.8) is 0 Å². The van der Waals surface area contributed by atoms with Gasteiger partial charge in [-0.15, -0.1) is 0 Å². The van der Waals surface area contributed by atoms with Crippen molar-refractivity contribution in [3.05, 3.63) is 71.7 Å². The second-order valence-corrected chi connectivity index (χ2v) is 8.13. The summed E-state index contributed by atoms with van der Waals surface area (Å²) in [5, 5.41) is 2.40. The summed E-state index contributed by atoms with van der Waals surface area (Å²) in [6, 6.07) is 16.3. The van der Waals surface area contributed by atoms with Crippen LogP contribution in [0.25, 0.3) is 0 Å². The number of para-hydroxylation sites is 1. The minimum absolute atomic E-state index is 0.0972. The summed E-state index contributed by atoms with van der Waals surface area (Å²) in [4.78, 5) is 4.05. The van der Waals surface area contributed by atoms with E-state index in [1.165, 1.54) is 11.3 Å². The normalized spacial score (nSPS) is 11.2. The molecule has 0 unspecified atom stereocenters. The van der Waals surface area contributed by atoms with E-state index < -0.39 is 10.0 Å². The first kappa shape index (κ1) is 18.4. The molecule has 8 heteroatoms. The summed E-state index contributed by atoms with van der Waals surface area (Å²) in [5.74, 6) is 1.20. The number of ether oxygens (including phenoxy) is 2. The maximum absolute atomic E-state index is 12.0. The fraction of sp³-hybridized carbons (Fsp3) is 0.167. The topological polar surface area (TPSA) is 77.5 Å². The Morgan fingerprint density at radius 3 is 2.46 bits per heavy atom. The van der Waals surface area contributed by atoms with Crippen LogP contribution in [-0.4, -0.2) is 25.8 Å². The molecule has 1 aromatic heterocycles. The van der Waals surface area contributed by atoms with Gasteiger partial charge in [0, 0.05) is 18.1 Å². The van der Waals surface area contributed by atoms with Gasteiger partial charge in [-0.2, -0.15) is 0 Å². The van der Waals surface area contributed by atoms with E-state index in [-0.39, 0.29) is 18.9 Å². The van der Waals surface area contributed by atoms with E-state index in [1.54, 1.807) is 30.5 Å². The lowest BCUT2D eigenvalue weighted by Crippen LogP contribution is -2.28. The molecule has 0 aliphatic heterocycles. The van der Waals surface area contributed by atoms with Crippen LogP contribution in [0.4, 0.5) is 0 Å². The standard InChI is InChI=1S/C18H18N2O4S2/c21-26(22,13-11-23-16-4-2-1-3-5-16)20-14-15-6-8-17(9-7-15)24-18-19-10-12-25-18/h1-10,12,20H,11,13-14H2. The summed E-state index contributed by atoms with van der Waals surface area (Å²) in [6.45, 7) is 0.311. The first-order valence-corrected chi connectivity index (χ1v) is 10.5. The van der Waals surface area contributed by atoms with Gasteiger partial charge in [0.1, 0.15) is 18.1 Å². The summed E-state index contributed by atoms with van der Waals surface area (Å²) >= 11 is 1.40. The number of rotatable bonds is 9. The number of thiazole rings is 1. The summed E-state index contributed by atoms with van der Waals surface area (Å²) in [7, 11) is -3.42. The fourth-order valence-electron chi connectivity index (χ4n) is 2.09. The first-order chi connectivity index (χ1) is 12.6. The highest BCUT2D eigenvalue weighted by molar-refractivity contribution is 7.89. The summed E-state index contributed by atoms with van der Waals surface area (Å²) < 4.78 is 37.7. The second kappa shape index (κ2) is 8.79. The van der Waals surface area contributed by atoms with Crippen LogP contribution >= 0.6 is 11.3 Å². The van der Waals surface area contributed by atoms with Gasteiger partial charge in [-0.3, -0.25) is 0 Å². The molecule has 0 radical (unpaired) electrons. The van der Waals surface area contributed by atoms with Crippen molar-refractivity contribution in [2.45, 2.75) is 6.54 Å². The zero-order valence-electron chi connectivity index (χ0n) is 13.9. The van der Waals surface area contributed by atoms with Gasteiger partial charge in [-0.05, 0) is 29.8 Å². The maximum Gasteiger partial charge on any atom is 0.278 e. The van der Waals surface area contributed by atoms with Crippen molar-refractivity contribution in [2.75, 3.05) is 12.4 Å². The minimum atomic E-state index is -3.42. The van der Waals surface area contributed by atoms with Crippen LogP contribution in [0.5, 0.6) is 16.7 Å². The highest BCUT2D eigenvalue weighted by atomic mass is 32.2. The number of aromatic nitrogens is 1. The highest BCUT2D eigenvalue weighted by Crippen LogP contribution is 2.23. The van der Waals surface area contributed by atoms with Crippen LogP contribution < -0.4 is 14.2 Å². The maximum atomic E-state index is 12.0. The molecule has 0 saturated heterocycles. The Morgan fingerprint density at radius 1 is 1.00 bits per heavy atom. The lowest BCUT2D eigenvalue weighted by Gasteiger charge is -2.09. The Morgan fingerprint density at radius 2 is 1.77 bits per heavy atom. The van der Waals surface area contributed by atoms with Crippen molar-refractivity contribution >= 4 is 21.4 Å². The molecule has 136 valence electrons. The van der Waals surface area contributed by atoms with Gasteiger partial charge < -0.3 is 9.47 Å². The van der Waals surface area contributed by atoms with E-state index in [4.69, 9.17) is 9.47 Å². The van der Waals surface area contributed by atoms with Crippen LogP contribution in [0.15, 0.2) is 66.2 Å². The Bertz CT molecular complexity index is 896. The predicted octanol–water partition coefficient (Wildman–Crippen LogP) is 3.43. The lowest BCUT2D eigenvalue weighted by molar-refractivity contribution is 0.340. The molecule has 0 amide bonds. The van der Waals surface area contributed by atoms with E-state index in [1.807, 2.05) is 35.7 Å². The zero-order valence-corrected chi connectivity index (χ0v) is 15.5. The highest BCUT2D eigenvalue weighted by Gasteiger charge is 2.10. The Kier molecular flexibility index (Phi) is 6.21. The molecule has 2 aromatic carbocycles. The molecular weight excluding hydrogens is 372 g/mol. The van der Waals surface area contributed by atoms with Gasteiger partial charge in [-0.1, -0.05) is 41.7 Å². The van der Waals surface area contributed by atoms with Crippen LogP contribution in [0, 0.1) is 0 Å².